The van der Waals surface area contributed by atoms with Gasteiger partial charge in [-0.2, -0.15) is 0 Å². The van der Waals surface area contributed by atoms with Gasteiger partial charge in [0, 0.05) is 31.2 Å². The SMILES string of the molecule is CC(C(=O)NC1CCN(C2CCCCC2)CC1)C(N)c1ccccc1. The highest BCUT2D eigenvalue weighted by atomic mass is 16.2. The zero-order valence-electron chi connectivity index (χ0n) is 15.5. The quantitative estimate of drug-likeness (QED) is 0.863. The summed E-state index contributed by atoms with van der Waals surface area (Å²) >= 11 is 0. The van der Waals surface area contributed by atoms with Crippen LogP contribution in [0, 0.1) is 5.92 Å². The van der Waals surface area contributed by atoms with Crippen LogP contribution < -0.4 is 11.1 Å². The summed E-state index contributed by atoms with van der Waals surface area (Å²) in [7, 11) is 0. The van der Waals surface area contributed by atoms with E-state index in [1.807, 2.05) is 37.3 Å². The van der Waals surface area contributed by atoms with Gasteiger partial charge in [0.1, 0.15) is 0 Å². The number of nitrogens with two attached hydrogens (primary N) is 1. The second kappa shape index (κ2) is 8.81. The number of benzene rings is 1. The second-order valence-electron chi connectivity index (χ2n) is 7.84. The van der Waals surface area contributed by atoms with E-state index in [-0.39, 0.29) is 17.9 Å². The van der Waals surface area contributed by atoms with Crippen molar-refractivity contribution in [3.8, 4) is 0 Å². The van der Waals surface area contributed by atoms with E-state index in [1.54, 1.807) is 0 Å². The van der Waals surface area contributed by atoms with Crippen LogP contribution in [0.25, 0.3) is 0 Å². The molecule has 1 aromatic carbocycles. The van der Waals surface area contributed by atoms with E-state index in [4.69, 9.17) is 5.73 Å². The first kappa shape index (κ1) is 18.4. The van der Waals surface area contributed by atoms with E-state index in [0.717, 1.165) is 37.5 Å². The van der Waals surface area contributed by atoms with Crippen molar-refractivity contribution in [2.45, 2.75) is 70.0 Å². The number of nitrogens with zero attached hydrogens (tertiary/aromatic N) is 1. The number of nitrogens with one attached hydrogen (secondary N) is 1. The maximum absolute atomic E-state index is 12.6. The van der Waals surface area contributed by atoms with Crippen molar-refractivity contribution < 1.29 is 4.79 Å². The van der Waals surface area contributed by atoms with Crippen molar-refractivity contribution in [2.75, 3.05) is 13.1 Å². The molecule has 25 heavy (non-hydrogen) atoms. The lowest BCUT2D eigenvalue weighted by atomic mass is 9.91. The van der Waals surface area contributed by atoms with Crippen LogP contribution in [0.4, 0.5) is 0 Å². The van der Waals surface area contributed by atoms with E-state index in [0.29, 0.717) is 6.04 Å². The fraction of sp³-hybridized carbons (Fsp3) is 0.667. The van der Waals surface area contributed by atoms with Crippen LogP contribution in [-0.4, -0.2) is 36.0 Å². The molecule has 3 N–H and O–H groups in total. The minimum absolute atomic E-state index is 0.0902. The van der Waals surface area contributed by atoms with Gasteiger partial charge in [-0.25, -0.2) is 0 Å². The Hall–Kier alpha value is -1.39. The minimum Gasteiger partial charge on any atom is -0.353 e. The monoisotopic (exact) mass is 343 g/mol. The average Bonchev–Trinajstić information content (AvgIpc) is 2.68. The molecule has 0 spiro atoms. The molecule has 1 amide bonds. The Balaban J connectivity index is 1.45. The molecule has 138 valence electrons. The number of likely N-dealkylation sites (tertiary alicyclic amines) is 1. The molecule has 3 rings (SSSR count). The van der Waals surface area contributed by atoms with E-state index in [1.165, 1.54) is 32.1 Å². The molecule has 2 atom stereocenters. The Morgan fingerprint density at radius 2 is 1.72 bits per heavy atom. The normalized spacial score (nSPS) is 23.1. The molecule has 1 saturated carbocycles. The first-order valence-electron chi connectivity index (χ1n) is 10.00. The molecular weight excluding hydrogens is 310 g/mol. The molecule has 1 aliphatic carbocycles. The first-order chi connectivity index (χ1) is 12.1. The molecule has 2 aliphatic rings. The van der Waals surface area contributed by atoms with Crippen LogP contribution in [0.3, 0.4) is 0 Å². The van der Waals surface area contributed by atoms with Gasteiger partial charge < -0.3 is 16.0 Å². The Labute approximate surface area is 152 Å². The van der Waals surface area contributed by atoms with Crippen molar-refractivity contribution in [3.63, 3.8) is 0 Å². The largest absolute Gasteiger partial charge is 0.353 e. The number of carbonyl (C=O) groups excluding carboxylic acids is 1. The van der Waals surface area contributed by atoms with Gasteiger partial charge in [-0.15, -0.1) is 0 Å². The summed E-state index contributed by atoms with van der Waals surface area (Å²) in [4.78, 5) is 15.3. The smallest absolute Gasteiger partial charge is 0.224 e. The summed E-state index contributed by atoms with van der Waals surface area (Å²) in [5.74, 6) is -0.119. The summed E-state index contributed by atoms with van der Waals surface area (Å²) < 4.78 is 0. The lowest BCUT2D eigenvalue weighted by Gasteiger charge is -2.39. The molecule has 4 nitrogen and oxygen atoms in total. The van der Waals surface area contributed by atoms with Crippen molar-refractivity contribution in [1.82, 2.24) is 10.2 Å². The Kier molecular flexibility index (Phi) is 6.49. The fourth-order valence-electron chi connectivity index (χ4n) is 4.31. The van der Waals surface area contributed by atoms with E-state index >= 15 is 0 Å². The highest BCUT2D eigenvalue weighted by Crippen LogP contribution is 2.26. The predicted octanol–water partition coefficient (Wildman–Crippen LogP) is 3.24. The number of hydrogen-bond acceptors (Lipinski definition) is 3. The molecule has 0 radical (unpaired) electrons. The minimum atomic E-state index is -0.247. The van der Waals surface area contributed by atoms with Gasteiger partial charge in [0.2, 0.25) is 5.91 Å². The van der Waals surface area contributed by atoms with Gasteiger partial charge in [0.25, 0.3) is 0 Å². The van der Waals surface area contributed by atoms with Crippen LogP contribution >= 0.6 is 0 Å². The van der Waals surface area contributed by atoms with Crippen LogP contribution in [-0.2, 0) is 4.79 Å². The lowest BCUT2D eigenvalue weighted by molar-refractivity contribution is -0.126. The summed E-state index contributed by atoms with van der Waals surface area (Å²) in [6, 6.07) is 10.8. The maximum atomic E-state index is 12.6. The second-order valence-corrected chi connectivity index (χ2v) is 7.84. The summed E-state index contributed by atoms with van der Waals surface area (Å²) in [6.07, 6.45) is 9.03. The predicted molar refractivity (Wildman–Crippen MR) is 102 cm³/mol. The summed E-state index contributed by atoms with van der Waals surface area (Å²) in [5.41, 5.74) is 7.32. The van der Waals surface area contributed by atoms with Crippen molar-refractivity contribution >= 4 is 5.91 Å². The molecule has 0 aromatic heterocycles. The Morgan fingerprint density at radius 3 is 2.36 bits per heavy atom. The average molecular weight is 344 g/mol. The van der Waals surface area contributed by atoms with E-state index in [2.05, 4.69) is 10.2 Å². The number of carbonyl (C=O) groups is 1. The number of rotatable bonds is 5. The first-order valence-corrected chi connectivity index (χ1v) is 10.00. The Morgan fingerprint density at radius 1 is 1.08 bits per heavy atom. The third kappa shape index (κ3) is 4.83. The maximum Gasteiger partial charge on any atom is 0.224 e. The topological polar surface area (TPSA) is 58.4 Å². The van der Waals surface area contributed by atoms with Gasteiger partial charge in [0.15, 0.2) is 0 Å². The lowest BCUT2D eigenvalue weighted by Crippen LogP contribution is -2.49. The zero-order chi connectivity index (χ0) is 17.6. The van der Waals surface area contributed by atoms with Gasteiger partial charge in [0.05, 0.1) is 5.92 Å². The highest BCUT2D eigenvalue weighted by molar-refractivity contribution is 5.79. The van der Waals surface area contributed by atoms with E-state index < -0.39 is 0 Å². The molecule has 2 fully saturated rings. The van der Waals surface area contributed by atoms with Crippen LogP contribution in [0.15, 0.2) is 30.3 Å². The van der Waals surface area contributed by atoms with E-state index in [9.17, 15) is 4.79 Å². The third-order valence-electron chi connectivity index (χ3n) is 6.10. The van der Waals surface area contributed by atoms with Crippen LogP contribution in [0.5, 0.6) is 0 Å². The van der Waals surface area contributed by atoms with Crippen molar-refractivity contribution in [1.29, 1.82) is 0 Å². The number of hydrogen-bond donors (Lipinski definition) is 2. The molecule has 0 bridgehead atoms. The van der Waals surface area contributed by atoms with Crippen LogP contribution in [0.2, 0.25) is 0 Å². The highest BCUT2D eigenvalue weighted by Gasteiger charge is 2.29. The zero-order valence-corrected chi connectivity index (χ0v) is 15.5. The van der Waals surface area contributed by atoms with Gasteiger partial charge in [-0.05, 0) is 31.2 Å². The van der Waals surface area contributed by atoms with Crippen molar-refractivity contribution in [3.05, 3.63) is 35.9 Å². The molecule has 1 aliphatic heterocycles. The summed E-state index contributed by atoms with van der Waals surface area (Å²) in [6.45, 7) is 4.17. The number of piperidine rings is 1. The molecule has 4 heteroatoms. The Bertz CT molecular complexity index is 533. The number of amides is 1. The van der Waals surface area contributed by atoms with Gasteiger partial charge in [-0.1, -0.05) is 56.5 Å². The molecular formula is C21H33N3O. The van der Waals surface area contributed by atoms with Crippen molar-refractivity contribution in [2.24, 2.45) is 11.7 Å². The third-order valence-corrected chi connectivity index (χ3v) is 6.10. The van der Waals surface area contributed by atoms with Gasteiger partial charge in [-0.3, -0.25) is 4.79 Å². The molecule has 1 heterocycles. The van der Waals surface area contributed by atoms with Gasteiger partial charge >= 0.3 is 0 Å². The summed E-state index contributed by atoms with van der Waals surface area (Å²) in [5, 5.41) is 3.25. The standard InChI is InChI=1S/C21H33N3O/c1-16(20(22)17-8-4-2-5-9-17)21(25)23-18-12-14-24(15-13-18)19-10-6-3-7-11-19/h2,4-5,8-9,16,18-20H,3,6-7,10-15,22H2,1H3,(H,23,25). The molecule has 1 saturated heterocycles. The molecule has 2 unspecified atom stereocenters. The molecule has 1 aromatic rings. The van der Waals surface area contributed by atoms with Crippen LogP contribution in [0.1, 0.15) is 63.5 Å². The fourth-order valence-corrected chi connectivity index (χ4v) is 4.31.